The Kier molecular flexibility index (Phi) is 10.5. The highest BCUT2D eigenvalue weighted by Crippen LogP contribution is 2.62. The predicted octanol–water partition coefficient (Wildman–Crippen LogP) is 7.15. The van der Waals surface area contributed by atoms with E-state index in [2.05, 4.69) is 38.3 Å². The maximum atomic E-state index is 6.62. The standard InChI is InChI=1S/C41H60ClN3O10/c1-23-10-12-31-25(3)33(48-35-40(31)29(23)14-16-38(5,50-35)52-54-40)46-20-18-43-37(45-28-9-7-8-27(42)22-28)44-19-21-47-34-26(4)32-13-11-24(2)30-15-17-39(6)51-36(49-34)41(30,32)55-53-39/h7-9,22-26,29-36H,10-21H2,1-6H3,(H2,43,44,45)/t23-,24+,25-,26+,29+,30-,31+,32-,33?,34?,35+,36-,38-,39+,40-,41+. The number of aliphatic imine (C=N–C) groups is 1. The molecule has 16 atom stereocenters. The molecule has 1 aromatic rings. The summed E-state index contributed by atoms with van der Waals surface area (Å²) in [5, 5.41) is 7.46. The lowest BCUT2D eigenvalue weighted by atomic mass is 9.58. The fourth-order valence-electron chi connectivity index (χ4n) is 11.6. The molecule has 10 fully saturated rings. The molecule has 0 aromatic heterocycles. The maximum Gasteiger partial charge on any atom is 0.201 e. The lowest BCUT2D eigenvalue weighted by Gasteiger charge is -2.60. The number of nitrogens with one attached hydrogen (secondary N) is 2. The van der Waals surface area contributed by atoms with Gasteiger partial charge in [0.15, 0.2) is 42.3 Å². The lowest BCUT2D eigenvalue weighted by molar-refractivity contribution is -0.577. The van der Waals surface area contributed by atoms with Gasteiger partial charge in [0.25, 0.3) is 0 Å². The Balaban J connectivity index is 0.831. The fraction of sp³-hybridized carbons (Fsp3) is 0.829. The number of halogens is 1. The maximum absolute atomic E-state index is 6.62. The van der Waals surface area contributed by atoms with Crippen LogP contribution in [0.4, 0.5) is 5.69 Å². The highest BCUT2D eigenvalue weighted by molar-refractivity contribution is 6.30. The van der Waals surface area contributed by atoms with Crippen molar-refractivity contribution in [2.75, 3.05) is 31.6 Å². The number of anilines is 1. The molecule has 13 nitrogen and oxygen atoms in total. The number of rotatable bonds is 9. The van der Waals surface area contributed by atoms with Gasteiger partial charge in [0.05, 0.1) is 19.8 Å². The van der Waals surface area contributed by atoms with E-state index < -0.39 is 47.9 Å². The van der Waals surface area contributed by atoms with Crippen LogP contribution < -0.4 is 10.6 Å². The van der Waals surface area contributed by atoms with Gasteiger partial charge in [0.1, 0.15) is 0 Å². The summed E-state index contributed by atoms with van der Waals surface area (Å²) in [5.41, 5.74) is -0.414. The van der Waals surface area contributed by atoms with E-state index in [0.717, 1.165) is 57.1 Å². The minimum atomic E-state index is -0.825. The largest absolute Gasteiger partial charge is 0.354 e. The number of hydrogen-bond donors (Lipinski definition) is 2. The van der Waals surface area contributed by atoms with Crippen LogP contribution in [0, 0.1) is 47.3 Å². The summed E-state index contributed by atoms with van der Waals surface area (Å²) in [4.78, 5) is 29.4. The van der Waals surface area contributed by atoms with Crippen LogP contribution >= 0.6 is 11.6 Å². The van der Waals surface area contributed by atoms with Crippen molar-refractivity contribution < 1.29 is 48.0 Å². The summed E-state index contributed by atoms with van der Waals surface area (Å²) in [6.07, 6.45) is 5.88. The van der Waals surface area contributed by atoms with Crippen LogP contribution in [0.1, 0.15) is 92.9 Å². The van der Waals surface area contributed by atoms with Gasteiger partial charge in [-0.2, -0.15) is 0 Å². The molecule has 2 saturated carbocycles. The molecular formula is C41H60ClN3O10. The summed E-state index contributed by atoms with van der Waals surface area (Å²) < 4.78 is 39.2. The highest BCUT2D eigenvalue weighted by atomic mass is 35.5. The van der Waals surface area contributed by atoms with Gasteiger partial charge >= 0.3 is 0 Å². The van der Waals surface area contributed by atoms with E-state index in [9.17, 15) is 0 Å². The fourth-order valence-corrected chi connectivity index (χ4v) is 11.8. The van der Waals surface area contributed by atoms with Crippen molar-refractivity contribution in [2.45, 2.75) is 141 Å². The SMILES string of the molecule is C[C@@H]1CC[C@H]2[C@@H](C)C(OCCN=C(NCCOC3O[C@@H]4O[C@]5(C)CC[C@@H]6[C@@H](C)CC[C@H]([C@@H]3C)[C@]46OO5)Nc3cccc(Cl)c3)O[C@H]3O[C@@]4(C)CC[C@@H]1[C@]32OO4. The van der Waals surface area contributed by atoms with Crippen molar-refractivity contribution in [1.82, 2.24) is 5.32 Å². The van der Waals surface area contributed by atoms with Gasteiger partial charge in [-0.05, 0) is 94.2 Å². The van der Waals surface area contributed by atoms with Gasteiger partial charge in [-0.1, -0.05) is 45.4 Å². The number of fused-ring (bicyclic) bond motifs is 4. The lowest BCUT2D eigenvalue weighted by Crippen LogP contribution is -2.70. The molecule has 306 valence electrons. The van der Waals surface area contributed by atoms with Crippen LogP contribution in [0.2, 0.25) is 5.02 Å². The van der Waals surface area contributed by atoms with Gasteiger partial charge in [-0.15, -0.1) is 0 Å². The first-order valence-electron chi connectivity index (χ1n) is 20.9. The normalized spacial score (nSPS) is 48.7. The van der Waals surface area contributed by atoms with E-state index in [1.165, 1.54) is 0 Å². The van der Waals surface area contributed by atoms with E-state index in [4.69, 9.17) is 64.6 Å². The van der Waals surface area contributed by atoms with E-state index in [1.54, 1.807) is 0 Å². The number of ether oxygens (including phenoxy) is 6. The molecule has 11 rings (SSSR count). The molecule has 2 aliphatic carbocycles. The number of benzene rings is 1. The smallest absolute Gasteiger partial charge is 0.201 e. The first-order valence-corrected chi connectivity index (χ1v) is 21.3. The van der Waals surface area contributed by atoms with Crippen molar-refractivity contribution in [2.24, 2.45) is 52.3 Å². The highest BCUT2D eigenvalue weighted by Gasteiger charge is 2.71. The average molecular weight is 790 g/mol. The molecule has 2 spiro atoms. The Morgan fingerprint density at radius 3 is 1.87 bits per heavy atom. The van der Waals surface area contributed by atoms with Crippen LogP contribution in [0.25, 0.3) is 0 Å². The van der Waals surface area contributed by atoms with E-state index in [0.29, 0.717) is 61.0 Å². The van der Waals surface area contributed by atoms with Crippen LogP contribution in [-0.2, 0) is 48.0 Å². The molecule has 14 heteroatoms. The monoisotopic (exact) mass is 789 g/mol. The summed E-state index contributed by atoms with van der Waals surface area (Å²) in [5.74, 6) is 1.15. The Hall–Kier alpha value is -1.62. The van der Waals surface area contributed by atoms with Crippen molar-refractivity contribution in [3.8, 4) is 0 Å². The molecule has 8 aliphatic heterocycles. The molecule has 10 aliphatic rings. The summed E-state index contributed by atoms with van der Waals surface area (Å²) in [7, 11) is 0. The molecule has 0 radical (unpaired) electrons. The van der Waals surface area contributed by atoms with Crippen molar-refractivity contribution >= 4 is 23.2 Å². The molecule has 4 bridgehead atoms. The zero-order valence-corrected chi connectivity index (χ0v) is 33.9. The quantitative estimate of drug-likeness (QED) is 0.114. The minimum absolute atomic E-state index is 0.0897. The second kappa shape index (κ2) is 14.9. The zero-order valence-electron chi connectivity index (χ0n) is 33.1. The molecule has 8 heterocycles. The molecule has 2 N–H and O–H groups in total. The van der Waals surface area contributed by atoms with E-state index in [1.807, 2.05) is 38.1 Å². The van der Waals surface area contributed by atoms with E-state index >= 15 is 0 Å². The van der Waals surface area contributed by atoms with Gasteiger partial charge < -0.3 is 39.1 Å². The van der Waals surface area contributed by atoms with Crippen LogP contribution in [0.5, 0.6) is 0 Å². The van der Waals surface area contributed by atoms with Gasteiger partial charge in [0.2, 0.25) is 11.6 Å². The predicted molar refractivity (Wildman–Crippen MR) is 201 cm³/mol. The summed E-state index contributed by atoms with van der Waals surface area (Å²) >= 11 is 6.33. The first kappa shape index (κ1) is 38.9. The Labute approximate surface area is 329 Å². The third kappa shape index (κ3) is 6.75. The Bertz CT molecular complexity index is 1590. The third-order valence-electron chi connectivity index (χ3n) is 14.6. The van der Waals surface area contributed by atoms with Gasteiger partial charge in [-0.3, -0.25) is 4.99 Å². The first-order chi connectivity index (χ1) is 26.4. The van der Waals surface area contributed by atoms with Crippen LogP contribution in [0.15, 0.2) is 29.3 Å². The second-order valence-corrected chi connectivity index (χ2v) is 18.5. The minimum Gasteiger partial charge on any atom is -0.354 e. The summed E-state index contributed by atoms with van der Waals surface area (Å²) in [6.45, 7) is 14.6. The second-order valence-electron chi connectivity index (χ2n) is 18.1. The summed E-state index contributed by atoms with van der Waals surface area (Å²) in [6, 6.07) is 7.56. The van der Waals surface area contributed by atoms with Crippen molar-refractivity contribution in [3.05, 3.63) is 29.3 Å². The number of guanidine groups is 1. The number of hydrogen-bond acceptors (Lipinski definition) is 11. The van der Waals surface area contributed by atoms with Crippen molar-refractivity contribution in [3.63, 3.8) is 0 Å². The third-order valence-corrected chi connectivity index (χ3v) is 14.8. The van der Waals surface area contributed by atoms with Crippen LogP contribution in [0.3, 0.4) is 0 Å². The van der Waals surface area contributed by atoms with E-state index in [-0.39, 0.29) is 23.7 Å². The molecular weight excluding hydrogens is 730 g/mol. The number of nitrogens with zero attached hydrogens (tertiary/aromatic N) is 1. The zero-order chi connectivity index (χ0) is 38.2. The Morgan fingerprint density at radius 2 is 1.31 bits per heavy atom. The topological polar surface area (TPSA) is 129 Å². The molecule has 2 unspecified atom stereocenters. The molecule has 55 heavy (non-hydrogen) atoms. The van der Waals surface area contributed by atoms with Gasteiger partial charge in [-0.25, -0.2) is 19.6 Å². The Morgan fingerprint density at radius 1 is 0.745 bits per heavy atom. The molecule has 8 saturated heterocycles. The molecule has 0 amide bonds. The molecule has 1 aromatic carbocycles. The van der Waals surface area contributed by atoms with Gasteiger partial charge in [0, 0.05) is 53.8 Å². The van der Waals surface area contributed by atoms with Crippen LogP contribution in [-0.4, -0.2) is 80.2 Å². The average Bonchev–Trinajstić information content (AvgIpc) is 3.53. The van der Waals surface area contributed by atoms with Crippen molar-refractivity contribution in [1.29, 1.82) is 0 Å².